The number of hydrogen-bond donors (Lipinski definition) is 2. The van der Waals surface area contributed by atoms with Gasteiger partial charge in [0.05, 0.1) is 18.2 Å². The molecule has 0 bridgehead atoms. The van der Waals surface area contributed by atoms with E-state index in [1.54, 1.807) is 0 Å². The molecule has 2 heterocycles. The van der Waals surface area contributed by atoms with E-state index in [1.165, 1.54) is 19.3 Å². The van der Waals surface area contributed by atoms with Gasteiger partial charge in [0.1, 0.15) is 0 Å². The van der Waals surface area contributed by atoms with Crippen molar-refractivity contribution in [2.24, 2.45) is 0 Å². The van der Waals surface area contributed by atoms with Crippen molar-refractivity contribution < 1.29 is 10.2 Å². The predicted octanol–water partition coefficient (Wildman–Crippen LogP) is 4.30. The fourth-order valence-corrected chi connectivity index (χ4v) is 4.09. The average molecular weight is 385 g/mol. The number of piperidine rings is 1. The second-order valence-electron chi connectivity index (χ2n) is 7.32. The SMILES string of the molecule is OCc1ccc2c(C(O)CN3CCCCC3)cn(-c3ccc(Cl)cc3)c2c1. The van der Waals surface area contributed by atoms with Crippen LogP contribution in [0.1, 0.15) is 36.5 Å². The average Bonchev–Trinajstić information content (AvgIpc) is 3.08. The molecule has 2 aromatic carbocycles. The number of rotatable bonds is 5. The van der Waals surface area contributed by atoms with Crippen LogP contribution < -0.4 is 0 Å². The van der Waals surface area contributed by atoms with Gasteiger partial charge in [0, 0.05) is 34.4 Å². The van der Waals surface area contributed by atoms with Crippen LogP contribution in [0.25, 0.3) is 16.6 Å². The van der Waals surface area contributed by atoms with Gasteiger partial charge in [-0.25, -0.2) is 0 Å². The molecule has 27 heavy (non-hydrogen) atoms. The Morgan fingerprint density at radius 2 is 1.74 bits per heavy atom. The quantitative estimate of drug-likeness (QED) is 0.689. The second kappa shape index (κ2) is 8.03. The highest BCUT2D eigenvalue weighted by atomic mass is 35.5. The van der Waals surface area contributed by atoms with E-state index in [9.17, 15) is 10.2 Å². The Kier molecular flexibility index (Phi) is 5.50. The molecule has 4 rings (SSSR count). The summed E-state index contributed by atoms with van der Waals surface area (Å²) in [5, 5.41) is 22.2. The molecule has 5 heteroatoms. The van der Waals surface area contributed by atoms with Crippen molar-refractivity contribution in [1.29, 1.82) is 0 Å². The van der Waals surface area contributed by atoms with E-state index in [2.05, 4.69) is 9.47 Å². The molecule has 1 fully saturated rings. The van der Waals surface area contributed by atoms with Gasteiger partial charge in [-0.2, -0.15) is 0 Å². The topological polar surface area (TPSA) is 48.6 Å². The lowest BCUT2D eigenvalue weighted by Crippen LogP contribution is -2.33. The lowest BCUT2D eigenvalue weighted by Gasteiger charge is -2.28. The Bertz CT molecular complexity index is 914. The summed E-state index contributed by atoms with van der Waals surface area (Å²) < 4.78 is 2.07. The van der Waals surface area contributed by atoms with Crippen molar-refractivity contribution in [2.75, 3.05) is 19.6 Å². The molecule has 4 nitrogen and oxygen atoms in total. The molecule has 0 saturated carbocycles. The summed E-state index contributed by atoms with van der Waals surface area (Å²) in [6.07, 6.45) is 5.17. The van der Waals surface area contributed by atoms with Gasteiger partial charge in [-0.05, 0) is 61.8 Å². The maximum Gasteiger partial charge on any atom is 0.0937 e. The highest BCUT2D eigenvalue weighted by Crippen LogP contribution is 2.31. The largest absolute Gasteiger partial charge is 0.392 e. The van der Waals surface area contributed by atoms with Gasteiger partial charge < -0.3 is 19.7 Å². The number of likely N-dealkylation sites (tertiary alicyclic amines) is 1. The number of aliphatic hydroxyl groups excluding tert-OH is 2. The Hall–Kier alpha value is -1.85. The molecule has 1 aliphatic rings. The van der Waals surface area contributed by atoms with Crippen molar-refractivity contribution in [3.63, 3.8) is 0 Å². The molecule has 1 saturated heterocycles. The molecule has 0 aliphatic carbocycles. The Labute approximate surface area is 164 Å². The zero-order chi connectivity index (χ0) is 18.8. The van der Waals surface area contributed by atoms with Crippen LogP contribution in [0.5, 0.6) is 0 Å². The number of aliphatic hydroxyl groups is 2. The Morgan fingerprint density at radius 1 is 1.00 bits per heavy atom. The Balaban J connectivity index is 1.74. The molecule has 0 amide bonds. The van der Waals surface area contributed by atoms with Crippen LogP contribution in [-0.2, 0) is 6.61 Å². The summed E-state index contributed by atoms with van der Waals surface area (Å²) in [5.74, 6) is 0. The van der Waals surface area contributed by atoms with E-state index in [-0.39, 0.29) is 6.61 Å². The van der Waals surface area contributed by atoms with Crippen molar-refractivity contribution in [1.82, 2.24) is 9.47 Å². The van der Waals surface area contributed by atoms with Crippen LogP contribution >= 0.6 is 11.6 Å². The first-order valence-electron chi connectivity index (χ1n) is 9.57. The summed E-state index contributed by atoms with van der Waals surface area (Å²) in [4.78, 5) is 2.35. The normalized spacial score (nSPS) is 16.7. The second-order valence-corrected chi connectivity index (χ2v) is 7.75. The van der Waals surface area contributed by atoms with Gasteiger partial charge in [-0.3, -0.25) is 0 Å². The van der Waals surface area contributed by atoms with Crippen LogP contribution in [0.2, 0.25) is 5.02 Å². The first-order valence-corrected chi connectivity index (χ1v) is 9.94. The summed E-state index contributed by atoms with van der Waals surface area (Å²) >= 11 is 6.04. The lowest BCUT2D eigenvalue weighted by atomic mass is 10.0. The van der Waals surface area contributed by atoms with E-state index >= 15 is 0 Å². The van der Waals surface area contributed by atoms with Crippen molar-refractivity contribution in [3.05, 3.63) is 64.8 Å². The third-order valence-corrected chi connectivity index (χ3v) is 5.68. The van der Waals surface area contributed by atoms with Crippen molar-refractivity contribution in [2.45, 2.75) is 32.0 Å². The smallest absolute Gasteiger partial charge is 0.0937 e. The molecule has 1 atom stereocenters. The van der Waals surface area contributed by atoms with Crippen molar-refractivity contribution in [3.8, 4) is 5.69 Å². The third kappa shape index (κ3) is 3.90. The zero-order valence-corrected chi connectivity index (χ0v) is 16.1. The summed E-state index contributed by atoms with van der Waals surface area (Å²) in [6, 6.07) is 13.6. The molecule has 0 spiro atoms. The molecule has 142 valence electrons. The fraction of sp³-hybridized carbons (Fsp3) is 0.364. The minimum atomic E-state index is -0.542. The summed E-state index contributed by atoms with van der Waals surface area (Å²) in [6.45, 7) is 2.76. The number of halogens is 1. The molecule has 1 unspecified atom stereocenters. The van der Waals surface area contributed by atoms with Gasteiger partial charge in [0.25, 0.3) is 0 Å². The van der Waals surface area contributed by atoms with Gasteiger partial charge in [-0.15, -0.1) is 0 Å². The maximum absolute atomic E-state index is 11.0. The minimum absolute atomic E-state index is 0.00655. The summed E-state index contributed by atoms with van der Waals surface area (Å²) in [7, 11) is 0. The first kappa shape index (κ1) is 18.5. The van der Waals surface area contributed by atoms with Crippen LogP contribution in [0, 0.1) is 0 Å². The fourth-order valence-electron chi connectivity index (χ4n) is 3.96. The first-order chi connectivity index (χ1) is 13.2. The number of aromatic nitrogens is 1. The zero-order valence-electron chi connectivity index (χ0n) is 15.3. The predicted molar refractivity (Wildman–Crippen MR) is 109 cm³/mol. The van der Waals surface area contributed by atoms with Gasteiger partial charge in [0.2, 0.25) is 0 Å². The molecular formula is C22H25ClN2O2. The van der Waals surface area contributed by atoms with E-state index in [0.29, 0.717) is 11.6 Å². The number of nitrogens with zero attached hydrogens (tertiary/aromatic N) is 2. The van der Waals surface area contributed by atoms with Crippen molar-refractivity contribution >= 4 is 22.5 Å². The number of benzene rings is 2. The van der Waals surface area contributed by atoms with Crippen LogP contribution in [-0.4, -0.2) is 39.3 Å². The van der Waals surface area contributed by atoms with Gasteiger partial charge >= 0.3 is 0 Å². The van der Waals surface area contributed by atoms with Crippen LogP contribution in [0.15, 0.2) is 48.7 Å². The molecule has 1 aromatic heterocycles. The maximum atomic E-state index is 11.0. The van der Waals surface area contributed by atoms with E-state index in [1.807, 2.05) is 48.7 Å². The van der Waals surface area contributed by atoms with Crippen LogP contribution in [0.3, 0.4) is 0 Å². The monoisotopic (exact) mass is 384 g/mol. The molecule has 3 aromatic rings. The standard InChI is InChI=1S/C22H25ClN2O2/c23-17-5-7-18(8-6-17)25-13-20(19-9-4-16(15-26)12-21(19)25)22(27)14-24-10-2-1-3-11-24/h4-9,12-13,22,26-27H,1-3,10-11,14-15H2. The number of hydrogen-bond acceptors (Lipinski definition) is 3. The third-order valence-electron chi connectivity index (χ3n) is 5.43. The van der Waals surface area contributed by atoms with E-state index in [0.717, 1.165) is 40.8 Å². The molecule has 1 aliphatic heterocycles. The minimum Gasteiger partial charge on any atom is -0.392 e. The van der Waals surface area contributed by atoms with E-state index in [4.69, 9.17) is 11.6 Å². The number of fused-ring (bicyclic) bond motifs is 1. The molecule has 0 radical (unpaired) electrons. The lowest BCUT2D eigenvalue weighted by molar-refractivity contribution is 0.102. The highest BCUT2D eigenvalue weighted by molar-refractivity contribution is 6.30. The van der Waals surface area contributed by atoms with E-state index < -0.39 is 6.10 Å². The molecule has 2 N–H and O–H groups in total. The summed E-state index contributed by atoms with van der Waals surface area (Å²) in [5.41, 5.74) is 3.75. The number of β-amino-alcohol motifs (C(OH)–C–C–N with tert-alkyl or cyclic N) is 1. The highest BCUT2D eigenvalue weighted by Gasteiger charge is 2.20. The van der Waals surface area contributed by atoms with Gasteiger partial charge in [-0.1, -0.05) is 30.2 Å². The van der Waals surface area contributed by atoms with Gasteiger partial charge in [0.15, 0.2) is 0 Å². The van der Waals surface area contributed by atoms with Crippen LogP contribution in [0.4, 0.5) is 0 Å². The molecular weight excluding hydrogens is 360 g/mol. The Morgan fingerprint density at radius 3 is 2.44 bits per heavy atom.